The van der Waals surface area contributed by atoms with Gasteiger partial charge in [-0.05, 0) is 20.8 Å². The van der Waals surface area contributed by atoms with Gasteiger partial charge in [-0.25, -0.2) is 4.98 Å². The third kappa shape index (κ3) is 4.20. The van der Waals surface area contributed by atoms with Crippen molar-refractivity contribution < 1.29 is 18.0 Å². The molecule has 0 aromatic carbocycles. The maximum Gasteiger partial charge on any atom is 0.451 e. The zero-order valence-corrected chi connectivity index (χ0v) is 13.8. The van der Waals surface area contributed by atoms with Crippen molar-refractivity contribution >= 4 is 18.3 Å². The lowest BCUT2D eigenvalue weighted by Gasteiger charge is -2.23. The molecule has 2 aromatic heterocycles. The molecular weight excluding hydrogens is 353 g/mol. The van der Waals surface area contributed by atoms with Gasteiger partial charge in [0.05, 0.1) is 0 Å². The molecule has 0 aliphatic carbocycles. The van der Waals surface area contributed by atoms with Crippen molar-refractivity contribution in [1.29, 1.82) is 0 Å². The molecule has 1 amide bonds. The van der Waals surface area contributed by atoms with Crippen molar-refractivity contribution in [1.82, 2.24) is 35.3 Å². The number of aryl methyl sites for hydroxylation is 1. The highest BCUT2D eigenvalue weighted by Crippen LogP contribution is 2.26. The van der Waals surface area contributed by atoms with E-state index in [1.165, 1.54) is 6.92 Å². The van der Waals surface area contributed by atoms with E-state index in [4.69, 9.17) is 5.73 Å². The minimum atomic E-state index is -4.66. The summed E-state index contributed by atoms with van der Waals surface area (Å²) in [6.07, 6.45) is -4.66. The molecule has 0 atom stereocenters. The molecule has 0 saturated carbocycles. The fraction of sp³-hybridized carbons (Fsp3) is 0.545. The smallest absolute Gasteiger partial charge is 0.343 e. The topological polar surface area (TPSA) is 127 Å². The lowest BCUT2D eigenvalue weighted by molar-refractivity contribution is -0.144. The van der Waals surface area contributed by atoms with Gasteiger partial charge in [0.1, 0.15) is 5.82 Å². The molecule has 2 aromatic rings. The minimum Gasteiger partial charge on any atom is -0.343 e. The number of aromatic nitrogens is 6. The Hall–Kier alpha value is -2.21. The van der Waals surface area contributed by atoms with Crippen LogP contribution < -0.4 is 11.1 Å². The molecule has 0 aliphatic heterocycles. The Kier molecular flexibility index (Phi) is 5.56. The summed E-state index contributed by atoms with van der Waals surface area (Å²) in [6.45, 7) is 5.06. The summed E-state index contributed by atoms with van der Waals surface area (Å²) in [5, 5.41) is 11.6. The molecule has 9 nitrogen and oxygen atoms in total. The number of nitrogens with zero attached hydrogens (tertiary/aromatic N) is 5. The van der Waals surface area contributed by atoms with Crippen LogP contribution in [0.4, 0.5) is 13.2 Å². The molecule has 0 saturated heterocycles. The number of H-pyrrole nitrogens is 1. The molecule has 2 heterocycles. The predicted octanol–water partition coefficient (Wildman–Crippen LogP) is 0.602. The van der Waals surface area contributed by atoms with Crippen LogP contribution in [0.2, 0.25) is 0 Å². The number of hydrogen-bond acceptors (Lipinski definition) is 6. The van der Waals surface area contributed by atoms with E-state index in [1.54, 1.807) is 18.9 Å². The summed E-state index contributed by atoms with van der Waals surface area (Å²) in [5.74, 6) is -2.29. The summed E-state index contributed by atoms with van der Waals surface area (Å²) in [4.78, 5) is 19.2. The Bertz CT molecular complexity index is 723. The van der Waals surface area contributed by atoms with Crippen LogP contribution in [0.15, 0.2) is 0 Å². The van der Waals surface area contributed by atoms with Gasteiger partial charge in [0.25, 0.3) is 11.9 Å². The average Bonchev–Trinajstić information content (AvgIpc) is 3.03. The van der Waals surface area contributed by atoms with Crippen LogP contribution in [0.5, 0.6) is 0 Å². The molecule has 134 valence electrons. The third-order valence-corrected chi connectivity index (χ3v) is 2.87. The Morgan fingerprint density at radius 2 is 1.96 bits per heavy atom. The summed E-state index contributed by atoms with van der Waals surface area (Å²) < 4.78 is 38.5. The van der Waals surface area contributed by atoms with E-state index in [2.05, 4.69) is 25.5 Å². The first-order valence-electron chi connectivity index (χ1n) is 6.50. The van der Waals surface area contributed by atoms with E-state index in [9.17, 15) is 18.0 Å². The first-order chi connectivity index (χ1) is 10.5. The molecule has 0 spiro atoms. The van der Waals surface area contributed by atoms with Crippen molar-refractivity contribution in [2.45, 2.75) is 32.5 Å². The van der Waals surface area contributed by atoms with Gasteiger partial charge in [0.15, 0.2) is 0 Å². The predicted molar refractivity (Wildman–Crippen MR) is 78.9 cm³/mol. The van der Waals surface area contributed by atoms with E-state index in [0.717, 1.165) is 4.68 Å². The maximum atomic E-state index is 12.5. The van der Waals surface area contributed by atoms with Crippen LogP contribution in [0.3, 0.4) is 0 Å². The Morgan fingerprint density at radius 1 is 1.33 bits per heavy atom. The molecule has 24 heavy (non-hydrogen) atoms. The van der Waals surface area contributed by atoms with Gasteiger partial charge in [0, 0.05) is 12.1 Å². The van der Waals surface area contributed by atoms with Gasteiger partial charge in [-0.2, -0.15) is 22.8 Å². The highest BCUT2D eigenvalue weighted by Gasteiger charge is 2.36. The highest BCUT2D eigenvalue weighted by molar-refractivity contribution is 5.90. The van der Waals surface area contributed by atoms with Crippen LogP contribution in [0.1, 0.15) is 36.1 Å². The monoisotopic (exact) mass is 368 g/mol. The summed E-state index contributed by atoms with van der Waals surface area (Å²) in [6, 6.07) is 0. The molecule has 0 fully saturated rings. The van der Waals surface area contributed by atoms with E-state index in [1.807, 2.05) is 0 Å². The molecule has 0 unspecified atom stereocenters. The number of hydrogen-bond donors (Lipinski definition) is 3. The quantitative estimate of drug-likeness (QED) is 0.725. The van der Waals surface area contributed by atoms with E-state index in [0.29, 0.717) is 0 Å². The van der Waals surface area contributed by atoms with Crippen LogP contribution in [-0.2, 0) is 6.18 Å². The fourth-order valence-electron chi connectivity index (χ4n) is 1.56. The Labute approximate surface area is 140 Å². The summed E-state index contributed by atoms with van der Waals surface area (Å²) in [7, 11) is 0. The van der Waals surface area contributed by atoms with Gasteiger partial charge >= 0.3 is 6.18 Å². The van der Waals surface area contributed by atoms with Crippen molar-refractivity contribution in [2.24, 2.45) is 5.73 Å². The second-order valence-corrected chi connectivity index (χ2v) is 5.42. The largest absolute Gasteiger partial charge is 0.451 e. The highest BCUT2D eigenvalue weighted by atomic mass is 35.5. The molecule has 0 radical (unpaired) electrons. The number of nitrogens with two attached hydrogens (primary N) is 1. The maximum absolute atomic E-state index is 12.5. The fourth-order valence-corrected chi connectivity index (χ4v) is 1.56. The van der Waals surface area contributed by atoms with E-state index in [-0.39, 0.29) is 36.5 Å². The summed E-state index contributed by atoms with van der Waals surface area (Å²) >= 11 is 0. The van der Waals surface area contributed by atoms with Crippen molar-refractivity contribution in [3.05, 3.63) is 17.5 Å². The van der Waals surface area contributed by atoms with E-state index >= 15 is 0 Å². The Balaban J connectivity index is 0.00000288. The van der Waals surface area contributed by atoms with Gasteiger partial charge < -0.3 is 11.1 Å². The lowest BCUT2D eigenvalue weighted by Crippen LogP contribution is -2.49. The van der Waals surface area contributed by atoms with E-state index < -0.39 is 23.4 Å². The molecule has 0 aliphatic rings. The van der Waals surface area contributed by atoms with Crippen molar-refractivity contribution in [3.8, 4) is 5.95 Å². The Morgan fingerprint density at radius 3 is 2.46 bits per heavy atom. The first kappa shape index (κ1) is 19.8. The van der Waals surface area contributed by atoms with Gasteiger partial charge in [0.2, 0.25) is 11.6 Å². The van der Waals surface area contributed by atoms with Gasteiger partial charge in [-0.15, -0.1) is 22.6 Å². The molecule has 13 heteroatoms. The van der Waals surface area contributed by atoms with Crippen LogP contribution in [0.25, 0.3) is 5.95 Å². The van der Waals surface area contributed by atoms with Gasteiger partial charge in [-0.1, -0.05) is 0 Å². The zero-order chi connectivity index (χ0) is 17.4. The van der Waals surface area contributed by atoms with Crippen LogP contribution in [0, 0.1) is 6.92 Å². The molecular formula is C11H16ClF3N8O. The number of amides is 1. The second-order valence-electron chi connectivity index (χ2n) is 5.42. The number of carbonyl (C=O) groups excluding carboxylic acids is 1. The summed E-state index contributed by atoms with van der Waals surface area (Å²) in [5.41, 5.74) is 4.83. The number of halogens is 4. The number of carbonyl (C=O) groups is 1. The first-order valence-corrected chi connectivity index (χ1v) is 6.50. The van der Waals surface area contributed by atoms with Crippen LogP contribution >= 0.6 is 12.4 Å². The SMILES string of the molecule is Cc1nc(C(=O)NC(C)(C)CN)nn1-c1n[nH]c(C(F)(F)F)n1.Cl. The standard InChI is InChI=1S/C11H15F3N8O.ClH/c1-5-16-6(7(23)18-10(2,3)4-15)21-22(5)9-17-8(19-20-9)11(12,13)14;/h4,15H2,1-3H3,(H,18,23)(H,17,19,20);1H. The third-order valence-electron chi connectivity index (χ3n) is 2.87. The van der Waals surface area contributed by atoms with Crippen molar-refractivity contribution in [2.75, 3.05) is 6.54 Å². The average molecular weight is 369 g/mol. The number of alkyl halides is 3. The van der Waals surface area contributed by atoms with Gasteiger partial charge in [-0.3, -0.25) is 9.89 Å². The molecule has 0 bridgehead atoms. The molecule has 2 rings (SSSR count). The minimum absolute atomic E-state index is 0. The second kappa shape index (κ2) is 6.73. The number of rotatable bonds is 4. The number of nitrogens with one attached hydrogen (secondary N) is 2. The molecule has 4 N–H and O–H groups in total. The number of aromatic amines is 1. The zero-order valence-electron chi connectivity index (χ0n) is 13.0. The van der Waals surface area contributed by atoms with Crippen molar-refractivity contribution in [3.63, 3.8) is 0 Å². The normalized spacial score (nSPS) is 12.0. The lowest BCUT2D eigenvalue weighted by atomic mass is 10.1. The van der Waals surface area contributed by atoms with Crippen LogP contribution in [-0.4, -0.2) is 47.9 Å².